The van der Waals surface area contributed by atoms with E-state index in [0.29, 0.717) is 31.9 Å². The second kappa shape index (κ2) is 7.19. The minimum atomic E-state index is -2.58. The van der Waals surface area contributed by atoms with Gasteiger partial charge in [0.15, 0.2) is 0 Å². The molecule has 1 aromatic rings. The number of pyridine rings is 1. The summed E-state index contributed by atoms with van der Waals surface area (Å²) in [4.78, 5) is 27.7. The molecule has 1 aliphatic rings. The molecule has 2 heterocycles. The number of hydrogen-bond acceptors (Lipinski definition) is 4. The minimum absolute atomic E-state index is 0.377. The Kier molecular flexibility index (Phi) is 5.46. The molecule has 0 radical (unpaired) electrons. The van der Waals surface area contributed by atoms with Crippen molar-refractivity contribution in [3.63, 3.8) is 0 Å². The lowest BCUT2D eigenvalue weighted by molar-refractivity contribution is 0.0240. The number of rotatable bonds is 3. The second-order valence-corrected chi connectivity index (χ2v) is 6.70. The topological polar surface area (TPSA) is 54.8 Å². The van der Waals surface area contributed by atoms with E-state index in [-0.39, 0.29) is 6.09 Å². The molecular weight excluding hydrogens is 320 g/mol. The Morgan fingerprint density at radius 3 is 2.42 bits per heavy atom. The summed E-state index contributed by atoms with van der Waals surface area (Å²) in [6.07, 6.45) is -1.61. The Morgan fingerprint density at radius 2 is 1.88 bits per heavy atom. The molecule has 1 saturated heterocycles. The Balaban J connectivity index is 2.02. The largest absolute Gasteiger partial charge is 0.444 e. The number of carbonyl (C=O) groups is 1. The Morgan fingerprint density at radius 1 is 1.25 bits per heavy atom. The first-order chi connectivity index (χ1) is 11.2. The van der Waals surface area contributed by atoms with Gasteiger partial charge in [-0.3, -0.25) is 4.79 Å². The number of ether oxygens (including phenoxy) is 1. The highest BCUT2D eigenvalue weighted by Crippen LogP contribution is 2.15. The molecule has 1 amide bonds. The number of halogens is 2. The maximum atomic E-state index is 12.5. The fraction of sp³-hybridized carbons (Fsp3) is 0.625. The molecule has 1 aromatic heterocycles. The monoisotopic (exact) mass is 343 g/mol. The van der Waals surface area contributed by atoms with E-state index in [1.807, 2.05) is 4.90 Å². The van der Waals surface area contributed by atoms with Crippen molar-refractivity contribution in [3.8, 4) is 0 Å². The maximum absolute atomic E-state index is 12.5. The van der Waals surface area contributed by atoms with E-state index in [0.717, 1.165) is 4.57 Å². The molecule has 0 atom stereocenters. The van der Waals surface area contributed by atoms with Crippen molar-refractivity contribution in [1.82, 2.24) is 9.47 Å². The molecule has 24 heavy (non-hydrogen) atoms. The van der Waals surface area contributed by atoms with Crippen molar-refractivity contribution in [2.45, 2.75) is 39.3 Å². The van der Waals surface area contributed by atoms with Crippen molar-refractivity contribution in [3.05, 3.63) is 28.7 Å². The highest BCUT2D eigenvalue weighted by molar-refractivity contribution is 5.68. The van der Waals surface area contributed by atoms with E-state index in [1.54, 1.807) is 37.8 Å². The molecule has 6 nitrogen and oxygen atoms in total. The van der Waals surface area contributed by atoms with E-state index in [4.69, 9.17) is 4.74 Å². The number of carbonyl (C=O) groups excluding carboxylic acids is 1. The summed E-state index contributed by atoms with van der Waals surface area (Å²) in [6, 6.07) is 3.20. The van der Waals surface area contributed by atoms with Gasteiger partial charge in [-0.1, -0.05) is 0 Å². The van der Waals surface area contributed by atoms with Crippen LogP contribution in [0.4, 0.5) is 19.3 Å². The predicted octanol–water partition coefficient (Wildman–Crippen LogP) is 2.17. The van der Waals surface area contributed by atoms with Gasteiger partial charge in [0.25, 0.3) is 12.0 Å². The van der Waals surface area contributed by atoms with Gasteiger partial charge in [0.1, 0.15) is 11.3 Å². The van der Waals surface area contributed by atoms with Gasteiger partial charge in [0.2, 0.25) is 0 Å². The molecule has 0 saturated carbocycles. The summed E-state index contributed by atoms with van der Waals surface area (Å²) in [5, 5.41) is 0. The smallest absolute Gasteiger partial charge is 0.410 e. The van der Waals surface area contributed by atoms with Gasteiger partial charge in [-0.15, -0.1) is 0 Å². The number of aromatic nitrogens is 1. The maximum Gasteiger partial charge on any atom is 0.410 e. The summed E-state index contributed by atoms with van der Waals surface area (Å²) in [5.74, 6) is 0. The van der Waals surface area contributed by atoms with Gasteiger partial charge < -0.3 is 19.1 Å². The van der Waals surface area contributed by atoms with E-state index in [2.05, 4.69) is 0 Å². The summed E-state index contributed by atoms with van der Waals surface area (Å²) in [5.41, 5.74) is -0.623. The van der Waals surface area contributed by atoms with Crippen LogP contribution in [0.15, 0.2) is 23.1 Å². The van der Waals surface area contributed by atoms with Crippen molar-refractivity contribution < 1.29 is 18.3 Å². The molecule has 0 bridgehead atoms. The van der Waals surface area contributed by atoms with Gasteiger partial charge in [-0.05, 0) is 32.9 Å². The molecule has 0 unspecified atom stereocenters. The van der Waals surface area contributed by atoms with Gasteiger partial charge in [-0.2, -0.15) is 0 Å². The molecule has 0 aromatic carbocycles. The van der Waals surface area contributed by atoms with E-state index in [9.17, 15) is 18.4 Å². The number of alkyl halides is 2. The summed E-state index contributed by atoms with van der Waals surface area (Å²) in [6.45, 7) is 6.52. The molecule has 1 aliphatic heterocycles. The van der Waals surface area contributed by atoms with Crippen LogP contribution < -0.4 is 10.5 Å². The van der Waals surface area contributed by atoms with Crippen LogP contribution in [0.25, 0.3) is 0 Å². The van der Waals surface area contributed by atoms with E-state index >= 15 is 0 Å². The zero-order valence-corrected chi connectivity index (χ0v) is 14.2. The van der Waals surface area contributed by atoms with Crippen LogP contribution in [0.3, 0.4) is 0 Å². The van der Waals surface area contributed by atoms with Crippen LogP contribution in [0.5, 0.6) is 0 Å². The molecule has 8 heteroatoms. The average molecular weight is 343 g/mol. The van der Waals surface area contributed by atoms with Gasteiger partial charge >= 0.3 is 6.09 Å². The van der Waals surface area contributed by atoms with E-state index < -0.39 is 24.1 Å². The van der Waals surface area contributed by atoms with Crippen LogP contribution in [0, 0.1) is 0 Å². The third-order valence-electron chi connectivity index (χ3n) is 3.61. The van der Waals surface area contributed by atoms with Gasteiger partial charge in [0.05, 0.1) is 6.54 Å². The van der Waals surface area contributed by atoms with Crippen molar-refractivity contribution in [2.24, 2.45) is 0 Å². The molecule has 1 fully saturated rings. The highest BCUT2D eigenvalue weighted by atomic mass is 19.3. The van der Waals surface area contributed by atoms with Gasteiger partial charge in [0, 0.05) is 32.4 Å². The van der Waals surface area contributed by atoms with Crippen molar-refractivity contribution in [2.75, 3.05) is 31.1 Å². The lowest BCUT2D eigenvalue weighted by Gasteiger charge is -2.36. The first kappa shape index (κ1) is 18.2. The van der Waals surface area contributed by atoms with Crippen molar-refractivity contribution >= 4 is 11.8 Å². The zero-order chi connectivity index (χ0) is 17.9. The number of hydrogen-bond donors (Lipinski definition) is 0. The highest BCUT2D eigenvalue weighted by Gasteiger charge is 2.26. The van der Waals surface area contributed by atoms with Gasteiger partial charge in [-0.25, -0.2) is 13.6 Å². The third kappa shape index (κ3) is 4.69. The van der Waals surface area contributed by atoms with Crippen molar-refractivity contribution in [1.29, 1.82) is 0 Å². The lowest BCUT2D eigenvalue weighted by Crippen LogP contribution is -2.51. The van der Waals surface area contributed by atoms with Crippen LogP contribution in [0.1, 0.15) is 20.8 Å². The average Bonchev–Trinajstić information content (AvgIpc) is 2.47. The normalized spacial score (nSPS) is 15.8. The van der Waals surface area contributed by atoms with E-state index in [1.165, 1.54) is 6.20 Å². The van der Waals surface area contributed by atoms with Crippen LogP contribution in [0.2, 0.25) is 0 Å². The van der Waals surface area contributed by atoms with Crippen LogP contribution in [-0.4, -0.2) is 53.8 Å². The zero-order valence-electron chi connectivity index (χ0n) is 14.2. The molecule has 0 spiro atoms. The van der Waals surface area contributed by atoms with Crippen LogP contribution >= 0.6 is 0 Å². The summed E-state index contributed by atoms with van der Waals surface area (Å²) < 4.78 is 31.4. The third-order valence-corrected chi connectivity index (χ3v) is 3.61. The Bertz CT molecular complexity index is 632. The predicted molar refractivity (Wildman–Crippen MR) is 86.7 cm³/mol. The molecular formula is C16H23F2N3O3. The summed E-state index contributed by atoms with van der Waals surface area (Å²) in [7, 11) is 0. The lowest BCUT2D eigenvalue weighted by atomic mass is 10.2. The van der Waals surface area contributed by atoms with Crippen LogP contribution in [-0.2, 0) is 11.3 Å². The minimum Gasteiger partial charge on any atom is -0.444 e. The number of anilines is 1. The fourth-order valence-electron chi connectivity index (χ4n) is 2.51. The second-order valence-electron chi connectivity index (χ2n) is 6.70. The number of amides is 1. The standard InChI is InChI=1S/C16H23F2N3O3/c1-16(2,3)24-15(23)20-9-7-19(8-10-20)12-5-4-6-21(14(12)22)11-13(17)18/h4-6,13H,7-11H2,1-3H3. The first-order valence-electron chi connectivity index (χ1n) is 7.88. The molecule has 134 valence electrons. The Hall–Kier alpha value is -2.12. The molecule has 0 aliphatic carbocycles. The summed E-state index contributed by atoms with van der Waals surface area (Å²) >= 11 is 0. The SMILES string of the molecule is CC(C)(C)OC(=O)N1CCN(c2cccn(CC(F)F)c2=O)CC1. The first-order valence-corrected chi connectivity index (χ1v) is 7.88. The molecule has 0 N–H and O–H groups in total. The quantitative estimate of drug-likeness (QED) is 0.844. The number of piperazine rings is 1. The Labute approximate surface area is 139 Å². The number of nitrogens with zero attached hydrogens (tertiary/aromatic N) is 3. The fourth-order valence-corrected chi connectivity index (χ4v) is 2.51. The molecule has 2 rings (SSSR count).